The van der Waals surface area contributed by atoms with E-state index in [-0.39, 0.29) is 6.54 Å². The highest BCUT2D eigenvalue weighted by atomic mass is 16.4. The minimum atomic E-state index is -1.26. The molecule has 8 heteroatoms. The summed E-state index contributed by atoms with van der Waals surface area (Å²) in [5, 5.41) is 11.7. The summed E-state index contributed by atoms with van der Waals surface area (Å²) in [6, 6.07) is -0.541. The van der Waals surface area contributed by atoms with Gasteiger partial charge in [0.05, 0.1) is 0 Å². The quantitative estimate of drug-likeness (QED) is 0.670. The van der Waals surface area contributed by atoms with Gasteiger partial charge in [0.25, 0.3) is 5.91 Å². The smallest absolute Gasteiger partial charge is 0.329 e. The van der Waals surface area contributed by atoms with Gasteiger partial charge in [0.15, 0.2) is 0 Å². The number of nitrogens with zero attached hydrogens (tertiary/aromatic N) is 2. The molecule has 0 aromatic carbocycles. The predicted molar refractivity (Wildman–Crippen MR) is 66.7 cm³/mol. The Morgan fingerprint density at radius 2 is 1.90 bits per heavy atom. The van der Waals surface area contributed by atoms with Gasteiger partial charge in [-0.2, -0.15) is 0 Å². The molecule has 1 aliphatic carbocycles. The average molecular weight is 283 g/mol. The van der Waals surface area contributed by atoms with Gasteiger partial charge < -0.3 is 15.3 Å². The van der Waals surface area contributed by atoms with Crippen LogP contribution in [0.3, 0.4) is 0 Å². The SMILES string of the molecule is CN1CC(=O)N(CC(=O)NC2(C(=O)O)CCCC2)C1=O. The molecule has 0 spiro atoms. The summed E-state index contributed by atoms with van der Waals surface area (Å²) in [7, 11) is 1.47. The largest absolute Gasteiger partial charge is 0.480 e. The number of imide groups is 1. The lowest BCUT2D eigenvalue weighted by atomic mass is 9.98. The Morgan fingerprint density at radius 3 is 2.35 bits per heavy atom. The number of urea groups is 1. The molecular formula is C12H17N3O5. The van der Waals surface area contributed by atoms with E-state index < -0.39 is 35.9 Å². The van der Waals surface area contributed by atoms with Gasteiger partial charge in [-0.05, 0) is 12.8 Å². The summed E-state index contributed by atoms with van der Waals surface area (Å²) >= 11 is 0. The molecule has 0 aromatic heterocycles. The molecule has 0 bridgehead atoms. The van der Waals surface area contributed by atoms with Crippen LogP contribution in [0, 0.1) is 0 Å². The van der Waals surface area contributed by atoms with Crippen LogP contribution in [0.25, 0.3) is 0 Å². The van der Waals surface area contributed by atoms with Crippen LogP contribution in [-0.4, -0.2) is 64.4 Å². The normalized spacial score (nSPS) is 21.4. The number of likely N-dealkylation sites (N-methyl/N-ethyl adjacent to an activating group) is 1. The van der Waals surface area contributed by atoms with Gasteiger partial charge in [-0.15, -0.1) is 0 Å². The average Bonchev–Trinajstić information content (AvgIpc) is 2.92. The van der Waals surface area contributed by atoms with Gasteiger partial charge in [0, 0.05) is 7.05 Å². The van der Waals surface area contributed by atoms with Crippen molar-refractivity contribution in [3.63, 3.8) is 0 Å². The Bertz CT molecular complexity index is 470. The van der Waals surface area contributed by atoms with Crippen LogP contribution in [0.15, 0.2) is 0 Å². The van der Waals surface area contributed by atoms with Crippen LogP contribution in [0.2, 0.25) is 0 Å². The maximum atomic E-state index is 11.9. The molecule has 20 heavy (non-hydrogen) atoms. The first-order valence-electron chi connectivity index (χ1n) is 6.45. The number of nitrogens with one attached hydrogen (secondary N) is 1. The van der Waals surface area contributed by atoms with Crippen molar-refractivity contribution in [1.82, 2.24) is 15.1 Å². The monoisotopic (exact) mass is 283 g/mol. The zero-order valence-corrected chi connectivity index (χ0v) is 11.2. The zero-order chi connectivity index (χ0) is 14.9. The third kappa shape index (κ3) is 2.45. The Kier molecular flexibility index (Phi) is 3.65. The molecule has 2 N–H and O–H groups in total. The van der Waals surface area contributed by atoms with Crippen LogP contribution in [-0.2, 0) is 14.4 Å². The third-order valence-electron chi connectivity index (χ3n) is 3.78. The second kappa shape index (κ2) is 5.10. The van der Waals surface area contributed by atoms with Crippen molar-refractivity contribution in [2.75, 3.05) is 20.1 Å². The van der Waals surface area contributed by atoms with Crippen molar-refractivity contribution in [1.29, 1.82) is 0 Å². The Balaban J connectivity index is 2.00. The van der Waals surface area contributed by atoms with Crippen LogP contribution in [0.1, 0.15) is 25.7 Å². The molecule has 4 amide bonds. The molecule has 1 aliphatic heterocycles. The van der Waals surface area contributed by atoms with Crippen molar-refractivity contribution >= 4 is 23.8 Å². The maximum Gasteiger partial charge on any atom is 0.329 e. The van der Waals surface area contributed by atoms with Crippen molar-refractivity contribution in [3.8, 4) is 0 Å². The molecule has 2 aliphatic rings. The first-order chi connectivity index (χ1) is 9.35. The van der Waals surface area contributed by atoms with Gasteiger partial charge in [0.2, 0.25) is 5.91 Å². The second-order valence-corrected chi connectivity index (χ2v) is 5.26. The molecule has 0 unspecified atom stereocenters. The highest BCUT2D eigenvalue weighted by Crippen LogP contribution is 2.29. The van der Waals surface area contributed by atoms with Gasteiger partial charge in [0.1, 0.15) is 18.6 Å². The molecule has 8 nitrogen and oxygen atoms in total. The molecule has 0 atom stereocenters. The lowest BCUT2D eigenvalue weighted by Crippen LogP contribution is -2.55. The van der Waals surface area contributed by atoms with E-state index >= 15 is 0 Å². The van der Waals surface area contributed by atoms with Crippen molar-refractivity contribution in [2.24, 2.45) is 0 Å². The highest BCUT2D eigenvalue weighted by Gasteiger charge is 2.43. The fourth-order valence-corrected chi connectivity index (χ4v) is 2.65. The second-order valence-electron chi connectivity index (χ2n) is 5.26. The standard InChI is InChI=1S/C12H17N3O5/c1-14-7-9(17)15(11(14)20)6-8(16)13-12(10(18)19)4-2-3-5-12/h2-7H2,1H3,(H,13,16)(H,18,19). The number of carboxylic acids is 1. The van der Waals surface area contributed by atoms with E-state index in [1.165, 1.54) is 11.9 Å². The molecule has 1 saturated carbocycles. The molecule has 2 rings (SSSR count). The van der Waals surface area contributed by atoms with E-state index in [2.05, 4.69) is 5.32 Å². The molecule has 110 valence electrons. The van der Waals surface area contributed by atoms with Crippen molar-refractivity contribution in [2.45, 2.75) is 31.2 Å². The first kappa shape index (κ1) is 14.3. The topological polar surface area (TPSA) is 107 Å². The van der Waals surface area contributed by atoms with E-state index in [0.717, 1.165) is 17.7 Å². The molecular weight excluding hydrogens is 266 g/mol. The number of aliphatic carboxylic acids is 1. The lowest BCUT2D eigenvalue weighted by Gasteiger charge is -2.26. The number of rotatable bonds is 4. The van der Waals surface area contributed by atoms with Gasteiger partial charge in [-0.3, -0.25) is 14.5 Å². The predicted octanol–water partition coefficient (Wildman–Crippen LogP) is -0.606. The van der Waals surface area contributed by atoms with Crippen molar-refractivity contribution in [3.05, 3.63) is 0 Å². The lowest BCUT2D eigenvalue weighted by molar-refractivity contribution is -0.147. The minimum Gasteiger partial charge on any atom is -0.480 e. The van der Waals surface area contributed by atoms with E-state index in [9.17, 15) is 24.3 Å². The van der Waals surface area contributed by atoms with E-state index in [4.69, 9.17) is 0 Å². The molecule has 0 radical (unpaired) electrons. The maximum absolute atomic E-state index is 11.9. The fraction of sp³-hybridized carbons (Fsp3) is 0.667. The summed E-state index contributed by atoms with van der Waals surface area (Å²) in [5.74, 6) is -2.14. The van der Waals surface area contributed by atoms with Gasteiger partial charge >= 0.3 is 12.0 Å². The number of carbonyl (C=O) groups excluding carboxylic acids is 3. The summed E-state index contributed by atoms with van der Waals surface area (Å²) in [6.45, 7) is -0.493. The number of amides is 4. The van der Waals surface area contributed by atoms with Crippen LogP contribution in [0.5, 0.6) is 0 Å². The molecule has 0 aromatic rings. The molecule has 2 fully saturated rings. The summed E-state index contributed by atoms with van der Waals surface area (Å²) in [6.07, 6.45) is 2.21. The third-order valence-corrected chi connectivity index (χ3v) is 3.78. The number of hydrogen-bond donors (Lipinski definition) is 2. The van der Waals surface area contributed by atoms with Gasteiger partial charge in [-0.25, -0.2) is 9.59 Å². The minimum absolute atomic E-state index is 0.0593. The molecule has 1 heterocycles. The van der Waals surface area contributed by atoms with E-state index in [0.29, 0.717) is 12.8 Å². The number of carboxylic acid groups (broad SMARTS) is 1. The first-order valence-corrected chi connectivity index (χ1v) is 6.45. The Hall–Kier alpha value is -2.12. The molecule has 1 saturated heterocycles. The zero-order valence-electron chi connectivity index (χ0n) is 11.2. The van der Waals surface area contributed by atoms with Crippen molar-refractivity contribution < 1.29 is 24.3 Å². The highest BCUT2D eigenvalue weighted by molar-refractivity contribution is 6.04. The summed E-state index contributed by atoms with van der Waals surface area (Å²) < 4.78 is 0. The number of carbonyl (C=O) groups is 4. The van der Waals surface area contributed by atoms with E-state index in [1.807, 2.05) is 0 Å². The van der Waals surface area contributed by atoms with E-state index in [1.54, 1.807) is 0 Å². The number of hydrogen-bond acceptors (Lipinski definition) is 4. The fourth-order valence-electron chi connectivity index (χ4n) is 2.65. The summed E-state index contributed by atoms with van der Waals surface area (Å²) in [4.78, 5) is 48.5. The Labute approximate surface area is 115 Å². The van der Waals surface area contributed by atoms with Crippen LogP contribution in [0.4, 0.5) is 4.79 Å². The van der Waals surface area contributed by atoms with Gasteiger partial charge in [-0.1, -0.05) is 12.8 Å². The summed E-state index contributed by atoms with van der Waals surface area (Å²) in [5.41, 5.74) is -1.26. The van der Waals surface area contributed by atoms with Crippen LogP contribution < -0.4 is 5.32 Å². The van der Waals surface area contributed by atoms with Crippen LogP contribution >= 0.6 is 0 Å². The Morgan fingerprint density at radius 1 is 1.30 bits per heavy atom.